The molecule has 2 aromatic carbocycles. The van der Waals surface area contributed by atoms with Gasteiger partial charge in [0.2, 0.25) is 5.91 Å². The third-order valence-corrected chi connectivity index (χ3v) is 8.22. The van der Waals surface area contributed by atoms with Crippen molar-refractivity contribution in [3.63, 3.8) is 0 Å². The average Bonchev–Trinajstić information content (AvgIpc) is 2.94. The maximum absolute atomic E-state index is 12.4. The lowest BCUT2D eigenvalue weighted by Crippen LogP contribution is -2.41. The highest BCUT2D eigenvalue weighted by Gasteiger charge is 2.26. The molecule has 3 aromatic rings. The number of amides is 1. The van der Waals surface area contributed by atoms with E-state index in [0.717, 1.165) is 28.1 Å². The molecule has 3 N–H and O–H groups in total. The van der Waals surface area contributed by atoms with Crippen LogP contribution in [0.15, 0.2) is 72.0 Å². The van der Waals surface area contributed by atoms with E-state index in [1.54, 1.807) is 6.20 Å². The highest BCUT2D eigenvalue weighted by molar-refractivity contribution is 7.85. The topological polar surface area (TPSA) is 132 Å². The molecule has 2 heterocycles. The Kier molecular flexibility index (Phi) is 9.54. The van der Waals surface area contributed by atoms with E-state index in [1.165, 1.54) is 5.56 Å². The first kappa shape index (κ1) is 29.2. The number of nitrogens with one attached hydrogen (secondary N) is 1. The van der Waals surface area contributed by atoms with E-state index >= 15 is 0 Å². The van der Waals surface area contributed by atoms with Gasteiger partial charge in [0, 0.05) is 61.0 Å². The maximum Gasteiger partial charge on any atom is 0.266 e. The number of piperidine rings is 1. The third-order valence-electron chi connectivity index (χ3n) is 7.50. The second-order valence-electron chi connectivity index (χ2n) is 10.3. The number of anilines is 1. The number of carbonyl (C=O) groups excluding carboxylic acids is 1. The fourth-order valence-corrected chi connectivity index (χ4v) is 5.64. The predicted octanol–water partition coefficient (Wildman–Crippen LogP) is 4.32. The summed E-state index contributed by atoms with van der Waals surface area (Å²) in [6, 6.07) is 20.5. The number of hydrogen-bond acceptors (Lipinski definition) is 7. The van der Waals surface area contributed by atoms with Crippen LogP contribution in [0.5, 0.6) is 0 Å². The van der Waals surface area contributed by atoms with Gasteiger partial charge >= 0.3 is 0 Å². The molecule has 0 radical (unpaired) electrons. The van der Waals surface area contributed by atoms with Gasteiger partial charge in [-0.25, -0.2) is 0 Å². The molecule has 0 saturated carbocycles. The van der Waals surface area contributed by atoms with Gasteiger partial charge in [-0.1, -0.05) is 41.6 Å². The van der Waals surface area contributed by atoms with Crippen LogP contribution in [0.1, 0.15) is 53.1 Å². The first-order chi connectivity index (χ1) is 19.1. The Balaban J connectivity index is 1.47. The lowest BCUT2D eigenvalue weighted by Gasteiger charge is -2.33. The summed E-state index contributed by atoms with van der Waals surface area (Å²) in [7, 11) is -4.09. The fourth-order valence-electron chi connectivity index (χ4n) is 5.28. The smallest absolute Gasteiger partial charge is 0.266 e. The Morgan fingerprint density at radius 2 is 1.80 bits per heavy atom. The molecular formula is C30H36N4O5S. The molecule has 1 aromatic heterocycles. The largest absolute Gasteiger partial charge is 0.411 e. The van der Waals surface area contributed by atoms with E-state index in [-0.39, 0.29) is 24.3 Å². The molecule has 1 saturated heterocycles. The van der Waals surface area contributed by atoms with Gasteiger partial charge in [0.25, 0.3) is 10.1 Å². The minimum Gasteiger partial charge on any atom is -0.411 e. The number of nitrogens with zero attached hydrogens (tertiary/aromatic N) is 3. The van der Waals surface area contributed by atoms with E-state index in [9.17, 15) is 18.4 Å². The molecule has 212 valence electrons. The van der Waals surface area contributed by atoms with Crippen molar-refractivity contribution >= 4 is 27.4 Å². The van der Waals surface area contributed by atoms with Gasteiger partial charge in [-0.15, -0.1) is 0 Å². The molecule has 1 fully saturated rings. The summed E-state index contributed by atoms with van der Waals surface area (Å²) in [5.41, 5.74) is 6.81. The minimum atomic E-state index is -4.09. The summed E-state index contributed by atoms with van der Waals surface area (Å²) in [6.45, 7) is 5.32. The molecule has 1 unspecified atom stereocenters. The zero-order valence-corrected chi connectivity index (χ0v) is 23.6. The zero-order valence-electron chi connectivity index (χ0n) is 22.8. The number of oxime groups is 1. The van der Waals surface area contributed by atoms with E-state index in [1.807, 2.05) is 31.2 Å². The highest BCUT2D eigenvalue weighted by Crippen LogP contribution is 2.33. The van der Waals surface area contributed by atoms with Crippen LogP contribution in [-0.2, 0) is 14.9 Å². The lowest BCUT2D eigenvalue weighted by molar-refractivity contribution is -0.125. The standard InChI is InChI=1S/C30H36N4O5S/c1-21-5-3-4-6-27(21)28(20-29(33-36)25-11-14-31-22(2)19-25)23-7-9-26(10-8-23)34-16-12-24(13-17-34)30(35)32-15-18-40(37,38)39/h3-11,14,19,24,28,36H,12-13,15-18,20H2,1-2H3,(H,32,35)(H,37,38,39). The van der Waals surface area contributed by atoms with Gasteiger partial charge in [-0.2, -0.15) is 8.42 Å². The number of benzene rings is 2. The van der Waals surface area contributed by atoms with E-state index in [4.69, 9.17) is 4.55 Å². The molecule has 0 spiro atoms. The van der Waals surface area contributed by atoms with Crippen molar-refractivity contribution in [2.24, 2.45) is 11.1 Å². The maximum atomic E-state index is 12.4. The van der Waals surface area contributed by atoms with Gasteiger partial charge in [-0.05, 0) is 67.6 Å². The van der Waals surface area contributed by atoms with Gasteiger partial charge in [0.05, 0.1) is 11.5 Å². The summed E-state index contributed by atoms with van der Waals surface area (Å²) < 4.78 is 30.6. The van der Waals surface area contributed by atoms with Crippen LogP contribution >= 0.6 is 0 Å². The Bertz CT molecular complexity index is 1450. The summed E-state index contributed by atoms with van der Waals surface area (Å²) in [5, 5.41) is 16.2. The van der Waals surface area contributed by atoms with E-state index < -0.39 is 15.9 Å². The average molecular weight is 565 g/mol. The van der Waals surface area contributed by atoms with E-state index in [2.05, 4.69) is 63.7 Å². The van der Waals surface area contributed by atoms with Crippen LogP contribution in [-0.4, -0.2) is 60.2 Å². The van der Waals surface area contributed by atoms with Crippen LogP contribution in [0.3, 0.4) is 0 Å². The van der Waals surface area contributed by atoms with Crippen molar-refractivity contribution in [3.8, 4) is 0 Å². The van der Waals surface area contributed by atoms with Crippen molar-refractivity contribution in [3.05, 3.63) is 94.8 Å². The second-order valence-corrected chi connectivity index (χ2v) is 11.8. The molecular weight excluding hydrogens is 528 g/mol. The molecule has 1 aliphatic rings. The van der Waals surface area contributed by atoms with Crippen LogP contribution in [0, 0.1) is 19.8 Å². The molecule has 10 heteroatoms. The second kappa shape index (κ2) is 13.1. The molecule has 4 rings (SSSR count). The monoisotopic (exact) mass is 564 g/mol. The number of hydrogen-bond donors (Lipinski definition) is 3. The van der Waals surface area contributed by atoms with Gasteiger partial charge in [-0.3, -0.25) is 14.3 Å². The summed E-state index contributed by atoms with van der Waals surface area (Å²) >= 11 is 0. The number of pyridine rings is 1. The van der Waals surface area contributed by atoms with Crippen molar-refractivity contribution in [2.45, 2.75) is 39.0 Å². The fraction of sp³-hybridized carbons (Fsp3) is 0.367. The van der Waals surface area contributed by atoms with Crippen LogP contribution in [0.2, 0.25) is 0 Å². The Labute approximate surface area is 235 Å². The zero-order chi connectivity index (χ0) is 28.7. The predicted molar refractivity (Wildman–Crippen MR) is 156 cm³/mol. The highest BCUT2D eigenvalue weighted by atomic mass is 32.2. The molecule has 1 atom stereocenters. The first-order valence-electron chi connectivity index (χ1n) is 13.4. The number of aryl methyl sites for hydroxylation is 2. The Morgan fingerprint density at radius 1 is 1.10 bits per heavy atom. The third kappa shape index (κ3) is 7.67. The van der Waals surface area contributed by atoms with Crippen molar-refractivity contribution in [2.75, 3.05) is 30.3 Å². The van der Waals surface area contributed by atoms with Crippen molar-refractivity contribution < 1.29 is 23.0 Å². The molecule has 0 bridgehead atoms. The SMILES string of the molecule is Cc1cc(C(CC(c2ccc(N3CCC(C(=O)NCCS(=O)(=O)O)CC3)cc2)c2ccccc2C)=NO)ccn1. The number of rotatable bonds is 10. The van der Waals surface area contributed by atoms with Gasteiger partial charge in [0.1, 0.15) is 0 Å². The minimum absolute atomic E-state index is 0.0215. The quantitative estimate of drug-likeness (QED) is 0.145. The number of carbonyl (C=O) groups is 1. The van der Waals surface area contributed by atoms with Gasteiger partial charge < -0.3 is 15.4 Å². The lowest BCUT2D eigenvalue weighted by atomic mass is 9.83. The van der Waals surface area contributed by atoms with Crippen molar-refractivity contribution in [1.29, 1.82) is 0 Å². The molecule has 1 amide bonds. The van der Waals surface area contributed by atoms with Gasteiger partial charge in [0.15, 0.2) is 0 Å². The first-order valence-corrected chi connectivity index (χ1v) is 15.0. The van der Waals surface area contributed by atoms with Crippen LogP contribution in [0.4, 0.5) is 5.69 Å². The molecule has 0 aliphatic carbocycles. The normalized spacial score (nSPS) is 15.6. The summed E-state index contributed by atoms with van der Waals surface area (Å²) in [5.74, 6) is -0.867. The van der Waals surface area contributed by atoms with Crippen molar-refractivity contribution in [1.82, 2.24) is 10.3 Å². The summed E-state index contributed by atoms with van der Waals surface area (Å²) in [4.78, 5) is 18.9. The van der Waals surface area contributed by atoms with Crippen LogP contribution in [0.25, 0.3) is 0 Å². The number of aromatic nitrogens is 1. The molecule has 1 aliphatic heterocycles. The molecule has 40 heavy (non-hydrogen) atoms. The van der Waals surface area contributed by atoms with E-state index in [0.29, 0.717) is 38.1 Å². The molecule has 9 nitrogen and oxygen atoms in total. The van der Waals surface area contributed by atoms with Crippen LogP contribution < -0.4 is 10.2 Å². The Morgan fingerprint density at radius 3 is 2.42 bits per heavy atom. The Hall–Kier alpha value is -3.76. The summed E-state index contributed by atoms with van der Waals surface area (Å²) in [6.07, 6.45) is 3.56.